The van der Waals surface area contributed by atoms with Crippen molar-refractivity contribution in [3.8, 4) is 0 Å². The number of carboxylic acids is 1. The molecule has 2 aliphatic rings. The fourth-order valence-corrected chi connectivity index (χ4v) is 4.30. The second kappa shape index (κ2) is 9.54. The third-order valence-corrected chi connectivity index (χ3v) is 5.65. The van der Waals surface area contributed by atoms with Gasteiger partial charge in [0.2, 0.25) is 0 Å². The van der Waals surface area contributed by atoms with E-state index >= 15 is 0 Å². The van der Waals surface area contributed by atoms with Gasteiger partial charge in [0.25, 0.3) is 0 Å². The molecule has 1 spiro atoms. The van der Waals surface area contributed by atoms with Crippen LogP contribution in [0.25, 0.3) is 0 Å². The Bertz CT molecular complexity index is 321. The number of rotatable bonds is 1. The number of carbonyl (C=O) groups excluding carboxylic acids is 1. The maximum absolute atomic E-state index is 11.8. The van der Waals surface area contributed by atoms with Gasteiger partial charge >= 0.3 is 0 Å². The van der Waals surface area contributed by atoms with Crippen LogP contribution in [0.4, 0.5) is 0 Å². The van der Waals surface area contributed by atoms with Gasteiger partial charge in [-0.1, -0.05) is 70.6 Å². The second-order valence-electron chi connectivity index (χ2n) is 7.32. The van der Waals surface area contributed by atoms with Gasteiger partial charge in [0.1, 0.15) is 0 Å². The highest BCUT2D eigenvalue weighted by Crippen LogP contribution is 2.40. The number of carboxylic acid groups (broad SMARTS) is 1. The lowest BCUT2D eigenvalue weighted by atomic mass is 9.73. The van der Waals surface area contributed by atoms with E-state index in [0.717, 1.165) is 58.0 Å². The molecular formula is C19H33O3-. The van der Waals surface area contributed by atoms with Crippen molar-refractivity contribution in [2.24, 2.45) is 5.92 Å². The van der Waals surface area contributed by atoms with Gasteiger partial charge in [-0.05, 0) is 25.7 Å². The van der Waals surface area contributed by atoms with Gasteiger partial charge in [-0.15, -0.1) is 0 Å². The Labute approximate surface area is 135 Å². The first-order valence-corrected chi connectivity index (χ1v) is 9.59. The first kappa shape index (κ1) is 17.8. The van der Waals surface area contributed by atoms with Gasteiger partial charge < -0.3 is 14.6 Å². The smallest absolute Gasteiger partial charge is 0.0762 e. The van der Waals surface area contributed by atoms with Crippen LogP contribution in [0.15, 0.2) is 0 Å². The van der Waals surface area contributed by atoms with Crippen molar-refractivity contribution in [1.82, 2.24) is 0 Å². The molecule has 1 atom stereocenters. The predicted molar refractivity (Wildman–Crippen MR) is 86.4 cm³/mol. The van der Waals surface area contributed by atoms with E-state index in [-0.39, 0.29) is 0 Å². The third kappa shape index (κ3) is 5.26. The molecule has 1 unspecified atom stereocenters. The average molecular weight is 309 g/mol. The standard InChI is InChI=1S/C19H34O3/c20-18(21)17-13-9-6-4-2-1-3-5-7-12-16-22-19(17)14-10-8-11-15-19/h17H,1-16H2,(H,20,21)/p-1. The molecule has 1 saturated carbocycles. The monoisotopic (exact) mass is 309 g/mol. The number of carbonyl (C=O) groups is 1. The van der Waals surface area contributed by atoms with E-state index in [1.165, 1.54) is 44.9 Å². The van der Waals surface area contributed by atoms with Crippen LogP contribution in [0.2, 0.25) is 0 Å². The van der Waals surface area contributed by atoms with Crippen LogP contribution in [-0.2, 0) is 9.53 Å². The molecule has 0 amide bonds. The summed E-state index contributed by atoms with van der Waals surface area (Å²) < 4.78 is 6.27. The molecule has 1 heterocycles. The summed E-state index contributed by atoms with van der Waals surface area (Å²) in [6.07, 6.45) is 16.9. The van der Waals surface area contributed by atoms with Crippen LogP contribution in [0.1, 0.15) is 96.3 Å². The van der Waals surface area contributed by atoms with Gasteiger partial charge in [0.05, 0.1) is 5.60 Å². The van der Waals surface area contributed by atoms with E-state index < -0.39 is 17.5 Å². The maximum Gasteiger partial charge on any atom is 0.0762 e. The molecule has 0 aromatic carbocycles. The second-order valence-corrected chi connectivity index (χ2v) is 7.32. The molecule has 0 radical (unpaired) electrons. The summed E-state index contributed by atoms with van der Waals surface area (Å²) >= 11 is 0. The molecule has 3 heteroatoms. The number of hydrogen-bond donors (Lipinski definition) is 0. The summed E-state index contributed by atoms with van der Waals surface area (Å²) in [5.41, 5.74) is -0.429. The Balaban J connectivity index is 2.02. The molecule has 0 N–H and O–H groups in total. The molecule has 1 saturated heterocycles. The first-order chi connectivity index (χ1) is 10.7. The van der Waals surface area contributed by atoms with Crippen molar-refractivity contribution in [3.05, 3.63) is 0 Å². The summed E-state index contributed by atoms with van der Waals surface area (Å²) in [6, 6.07) is 0. The molecule has 0 aromatic rings. The van der Waals surface area contributed by atoms with E-state index in [1.54, 1.807) is 0 Å². The fourth-order valence-electron chi connectivity index (χ4n) is 4.30. The van der Waals surface area contributed by atoms with Crippen molar-refractivity contribution >= 4 is 5.97 Å². The van der Waals surface area contributed by atoms with E-state index in [0.29, 0.717) is 0 Å². The molecule has 1 aliphatic carbocycles. The quantitative estimate of drug-likeness (QED) is 0.736. The highest BCUT2D eigenvalue weighted by Gasteiger charge is 2.41. The first-order valence-electron chi connectivity index (χ1n) is 9.59. The lowest BCUT2D eigenvalue weighted by molar-refractivity contribution is -0.320. The molecule has 0 bridgehead atoms. The minimum atomic E-state index is -0.881. The summed E-state index contributed by atoms with van der Waals surface area (Å²) in [7, 11) is 0. The molecular weight excluding hydrogens is 276 g/mol. The van der Waals surface area contributed by atoms with Crippen molar-refractivity contribution in [1.29, 1.82) is 0 Å². The zero-order valence-corrected chi connectivity index (χ0v) is 14.1. The van der Waals surface area contributed by atoms with Crippen LogP contribution in [-0.4, -0.2) is 18.2 Å². The van der Waals surface area contributed by atoms with Crippen LogP contribution in [0.3, 0.4) is 0 Å². The third-order valence-electron chi connectivity index (χ3n) is 5.65. The Hall–Kier alpha value is -0.570. The molecule has 1 aliphatic heterocycles. The van der Waals surface area contributed by atoms with Gasteiger partial charge in [0, 0.05) is 18.5 Å². The van der Waals surface area contributed by atoms with Gasteiger partial charge in [-0.3, -0.25) is 0 Å². The topological polar surface area (TPSA) is 49.4 Å². The van der Waals surface area contributed by atoms with Gasteiger partial charge in [-0.2, -0.15) is 0 Å². The lowest BCUT2D eigenvalue weighted by Crippen LogP contribution is -2.51. The molecule has 0 aromatic heterocycles. The highest BCUT2D eigenvalue weighted by molar-refractivity contribution is 5.69. The average Bonchev–Trinajstić information content (AvgIpc) is 2.52. The van der Waals surface area contributed by atoms with Gasteiger partial charge in [0.15, 0.2) is 0 Å². The Morgan fingerprint density at radius 3 is 1.86 bits per heavy atom. The van der Waals surface area contributed by atoms with Crippen molar-refractivity contribution in [3.63, 3.8) is 0 Å². The summed E-state index contributed by atoms with van der Waals surface area (Å²) in [5, 5.41) is 11.8. The summed E-state index contributed by atoms with van der Waals surface area (Å²) in [5.74, 6) is -1.29. The Morgan fingerprint density at radius 1 is 0.773 bits per heavy atom. The normalized spacial score (nSPS) is 28.8. The van der Waals surface area contributed by atoms with Gasteiger partial charge in [-0.25, -0.2) is 0 Å². The predicted octanol–water partition coefficient (Wildman–Crippen LogP) is 3.99. The molecule has 22 heavy (non-hydrogen) atoms. The zero-order valence-electron chi connectivity index (χ0n) is 14.1. The minimum Gasteiger partial charge on any atom is -0.550 e. The Morgan fingerprint density at radius 2 is 1.27 bits per heavy atom. The minimum absolute atomic E-state index is 0.407. The van der Waals surface area contributed by atoms with Crippen LogP contribution < -0.4 is 5.11 Å². The molecule has 2 fully saturated rings. The SMILES string of the molecule is O=C([O-])C1CCCCCCCCCCCOC12CCCCC2. The van der Waals surface area contributed by atoms with E-state index in [9.17, 15) is 9.90 Å². The Kier molecular flexibility index (Phi) is 7.71. The van der Waals surface area contributed by atoms with Crippen molar-refractivity contribution in [2.75, 3.05) is 6.61 Å². The summed E-state index contributed by atoms with van der Waals surface area (Å²) in [4.78, 5) is 11.8. The zero-order chi connectivity index (χ0) is 15.7. The lowest BCUT2D eigenvalue weighted by Gasteiger charge is -2.44. The van der Waals surface area contributed by atoms with Crippen LogP contribution in [0, 0.1) is 5.92 Å². The van der Waals surface area contributed by atoms with E-state index in [4.69, 9.17) is 4.74 Å². The molecule has 3 nitrogen and oxygen atoms in total. The van der Waals surface area contributed by atoms with Crippen molar-refractivity contribution < 1.29 is 14.6 Å². The number of aliphatic carboxylic acids is 1. The van der Waals surface area contributed by atoms with E-state index in [2.05, 4.69) is 0 Å². The number of ether oxygens (including phenoxy) is 1. The fraction of sp³-hybridized carbons (Fsp3) is 0.947. The van der Waals surface area contributed by atoms with Crippen LogP contribution >= 0.6 is 0 Å². The van der Waals surface area contributed by atoms with E-state index in [1.807, 2.05) is 0 Å². The molecule has 2 rings (SSSR count). The van der Waals surface area contributed by atoms with Crippen LogP contribution in [0.5, 0.6) is 0 Å². The molecule has 128 valence electrons. The van der Waals surface area contributed by atoms with Crippen molar-refractivity contribution in [2.45, 2.75) is 102 Å². The maximum atomic E-state index is 11.8. The summed E-state index contributed by atoms with van der Waals surface area (Å²) in [6.45, 7) is 0.726. The highest BCUT2D eigenvalue weighted by atomic mass is 16.5. The largest absolute Gasteiger partial charge is 0.550 e. The number of hydrogen-bond acceptors (Lipinski definition) is 3.